The van der Waals surface area contributed by atoms with Crippen LogP contribution in [0.4, 0.5) is 0 Å². The summed E-state index contributed by atoms with van der Waals surface area (Å²) in [4.78, 5) is 30.1. The van der Waals surface area contributed by atoms with Crippen LogP contribution in [-0.4, -0.2) is 27.5 Å². The van der Waals surface area contributed by atoms with Gasteiger partial charge in [-0.3, -0.25) is 9.78 Å². The highest BCUT2D eigenvalue weighted by atomic mass is 32.1. The van der Waals surface area contributed by atoms with E-state index in [1.807, 2.05) is 54.6 Å². The van der Waals surface area contributed by atoms with Crippen LogP contribution in [0.25, 0.3) is 21.0 Å². The van der Waals surface area contributed by atoms with Crippen molar-refractivity contribution in [3.05, 3.63) is 76.8 Å². The summed E-state index contributed by atoms with van der Waals surface area (Å²) >= 11 is 1.41. The summed E-state index contributed by atoms with van der Waals surface area (Å²) < 4.78 is 1.02. The summed E-state index contributed by atoms with van der Waals surface area (Å²) in [5.41, 5.74) is 1.55. The van der Waals surface area contributed by atoms with Crippen LogP contribution in [0, 0.1) is 0 Å². The molecule has 4 rings (SSSR count). The first-order valence-corrected chi connectivity index (χ1v) is 11.1. The molecule has 2 aromatic heterocycles. The van der Waals surface area contributed by atoms with Gasteiger partial charge in [0.1, 0.15) is 5.54 Å². The molecule has 0 aliphatic rings. The predicted octanol–water partition coefficient (Wildman–Crippen LogP) is 5.22. The van der Waals surface area contributed by atoms with Crippen molar-refractivity contribution in [2.75, 3.05) is 0 Å². The van der Waals surface area contributed by atoms with E-state index in [1.54, 1.807) is 13.8 Å². The first-order chi connectivity index (χ1) is 14.9. The average Bonchev–Trinajstić information content (AvgIpc) is 3.16. The summed E-state index contributed by atoms with van der Waals surface area (Å²) in [6.45, 7) is 3.30. The van der Waals surface area contributed by atoms with Gasteiger partial charge in [0, 0.05) is 15.8 Å². The van der Waals surface area contributed by atoms with Crippen molar-refractivity contribution < 1.29 is 14.7 Å². The second-order valence-corrected chi connectivity index (χ2v) is 8.90. The lowest BCUT2D eigenvalue weighted by Crippen LogP contribution is -2.51. The van der Waals surface area contributed by atoms with E-state index in [1.165, 1.54) is 11.3 Å². The number of para-hydroxylation sites is 1. The third-order valence-corrected chi connectivity index (χ3v) is 6.97. The fourth-order valence-electron chi connectivity index (χ4n) is 3.63. The SMILES string of the molecule is CCC(C)(NC(=O)c1sc2ccccc2c1CCc1ccc2ccccc2n1)C(=O)O. The quantitative estimate of drug-likeness (QED) is 0.420. The van der Waals surface area contributed by atoms with E-state index >= 15 is 0 Å². The van der Waals surface area contributed by atoms with Crippen LogP contribution < -0.4 is 5.32 Å². The zero-order valence-electron chi connectivity index (χ0n) is 17.5. The number of carbonyl (C=O) groups excluding carboxylic acids is 1. The molecule has 1 atom stereocenters. The van der Waals surface area contributed by atoms with Gasteiger partial charge >= 0.3 is 5.97 Å². The number of hydrogen-bond acceptors (Lipinski definition) is 4. The highest BCUT2D eigenvalue weighted by Crippen LogP contribution is 2.33. The number of rotatable bonds is 7. The third kappa shape index (κ3) is 4.16. The maximum absolute atomic E-state index is 13.1. The maximum Gasteiger partial charge on any atom is 0.329 e. The molecule has 0 fully saturated rings. The monoisotopic (exact) mass is 432 g/mol. The number of nitrogens with one attached hydrogen (secondary N) is 1. The summed E-state index contributed by atoms with van der Waals surface area (Å²) in [7, 11) is 0. The van der Waals surface area contributed by atoms with E-state index in [9.17, 15) is 14.7 Å². The molecule has 0 saturated carbocycles. The Morgan fingerprint density at radius 3 is 2.55 bits per heavy atom. The molecule has 1 unspecified atom stereocenters. The van der Waals surface area contributed by atoms with Crippen molar-refractivity contribution in [2.45, 2.75) is 38.6 Å². The fourth-order valence-corrected chi connectivity index (χ4v) is 4.78. The Morgan fingerprint density at radius 1 is 1.03 bits per heavy atom. The molecule has 6 heteroatoms. The molecule has 0 aliphatic carbocycles. The fraction of sp³-hybridized carbons (Fsp3) is 0.240. The van der Waals surface area contributed by atoms with Gasteiger partial charge in [0.15, 0.2) is 0 Å². The molecule has 4 aromatic rings. The average molecular weight is 433 g/mol. The Kier molecular flexibility index (Phi) is 5.74. The minimum atomic E-state index is -1.30. The molecule has 2 N–H and O–H groups in total. The van der Waals surface area contributed by atoms with Gasteiger partial charge in [-0.15, -0.1) is 11.3 Å². The van der Waals surface area contributed by atoms with Gasteiger partial charge < -0.3 is 10.4 Å². The number of hydrogen-bond donors (Lipinski definition) is 2. The van der Waals surface area contributed by atoms with Gasteiger partial charge in [-0.25, -0.2) is 4.79 Å². The standard InChI is InChI=1S/C25H24N2O3S/c1-3-25(2,24(29)30)27-23(28)22-19(18-9-5-7-11-21(18)31-22)15-14-17-13-12-16-8-4-6-10-20(16)26-17/h4-13H,3,14-15H2,1-2H3,(H,27,28)(H,29,30). The Labute approximate surface area is 184 Å². The molecule has 31 heavy (non-hydrogen) atoms. The van der Waals surface area contributed by atoms with Gasteiger partial charge in [-0.1, -0.05) is 49.4 Å². The number of nitrogens with zero attached hydrogens (tertiary/aromatic N) is 1. The third-order valence-electron chi connectivity index (χ3n) is 5.76. The summed E-state index contributed by atoms with van der Waals surface area (Å²) in [6.07, 6.45) is 1.64. The lowest BCUT2D eigenvalue weighted by molar-refractivity contribution is -0.143. The number of aliphatic carboxylic acids is 1. The molecular weight excluding hydrogens is 408 g/mol. The number of carboxylic acid groups (broad SMARTS) is 1. The Morgan fingerprint density at radius 2 is 1.77 bits per heavy atom. The van der Waals surface area contributed by atoms with Crippen LogP contribution in [0.2, 0.25) is 0 Å². The van der Waals surface area contributed by atoms with Crippen LogP contribution in [-0.2, 0) is 17.6 Å². The van der Waals surface area contributed by atoms with E-state index in [2.05, 4.69) is 11.4 Å². The number of pyridine rings is 1. The second kappa shape index (κ2) is 8.47. The van der Waals surface area contributed by atoms with Gasteiger partial charge in [0.05, 0.1) is 10.4 Å². The first-order valence-electron chi connectivity index (χ1n) is 10.3. The number of carbonyl (C=O) groups is 2. The number of fused-ring (bicyclic) bond motifs is 2. The summed E-state index contributed by atoms with van der Waals surface area (Å²) in [6, 6.07) is 20.0. The second-order valence-electron chi connectivity index (χ2n) is 7.85. The Bertz CT molecular complexity index is 1280. The number of aromatic nitrogens is 1. The smallest absolute Gasteiger partial charge is 0.329 e. The highest BCUT2D eigenvalue weighted by Gasteiger charge is 2.34. The minimum absolute atomic E-state index is 0.301. The first kappa shape index (κ1) is 21.0. The van der Waals surface area contributed by atoms with E-state index < -0.39 is 11.5 Å². The molecule has 158 valence electrons. The molecule has 0 saturated heterocycles. The topological polar surface area (TPSA) is 79.3 Å². The number of carboxylic acids is 1. The summed E-state index contributed by atoms with van der Waals surface area (Å²) in [5.74, 6) is -1.37. The van der Waals surface area contributed by atoms with E-state index in [0.717, 1.165) is 32.2 Å². The van der Waals surface area contributed by atoms with Crippen LogP contribution in [0.5, 0.6) is 0 Å². The molecule has 0 bridgehead atoms. The van der Waals surface area contributed by atoms with Crippen molar-refractivity contribution in [1.82, 2.24) is 10.3 Å². The predicted molar refractivity (Wildman–Crippen MR) is 125 cm³/mol. The van der Waals surface area contributed by atoms with Crippen molar-refractivity contribution in [3.63, 3.8) is 0 Å². The van der Waals surface area contributed by atoms with Crippen LogP contribution >= 0.6 is 11.3 Å². The minimum Gasteiger partial charge on any atom is -0.480 e. The molecule has 5 nitrogen and oxygen atoms in total. The molecule has 0 aliphatic heterocycles. The largest absolute Gasteiger partial charge is 0.480 e. The van der Waals surface area contributed by atoms with Crippen molar-refractivity contribution in [1.29, 1.82) is 0 Å². The summed E-state index contributed by atoms with van der Waals surface area (Å²) in [5, 5.41) is 14.4. The van der Waals surface area contributed by atoms with E-state index in [0.29, 0.717) is 24.1 Å². The molecule has 0 spiro atoms. The van der Waals surface area contributed by atoms with Crippen LogP contribution in [0.1, 0.15) is 41.2 Å². The normalized spacial score (nSPS) is 13.2. The van der Waals surface area contributed by atoms with Gasteiger partial charge in [0.2, 0.25) is 0 Å². The molecule has 1 amide bonds. The van der Waals surface area contributed by atoms with E-state index in [-0.39, 0.29) is 5.91 Å². The number of benzene rings is 2. The maximum atomic E-state index is 13.1. The lowest BCUT2D eigenvalue weighted by atomic mass is 9.98. The number of aryl methyl sites for hydroxylation is 2. The zero-order chi connectivity index (χ0) is 22.0. The van der Waals surface area contributed by atoms with E-state index in [4.69, 9.17) is 4.98 Å². The van der Waals surface area contributed by atoms with Crippen LogP contribution in [0.3, 0.4) is 0 Å². The van der Waals surface area contributed by atoms with Gasteiger partial charge in [-0.2, -0.15) is 0 Å². The Hall–Kier alpha value is -3.25. The van der Waals surface area contributed by atoms with Crippen LogP contribution in [0.15, 0.2) is 60.7 Å². The van der Waals surface area contributed by atoms with Gasteiger partial charge in [-0.05, 0) is 55.3 Å². The molecule has 2 aromatic carbocycles. The zero-order valence-corrected chi connectivity index (χ0v) is 18.3. The Balaban J connectivity index is 1.66. The van der Waals surface area contributed by atoms with Crippen molar-refractivity contribution in [2.24, 2.45) is 0 Å². The van der Waals surface area contributed by atoms with Crippen molar-refractivity contribution >= 4 is 44.2 Å². The number of thiophene rings is 1. The van der Waals surface area contributed by atoms with Crippen molar-refractivity contribution in [3.8, 4) is 0 Å². The lowest BCUT2D eigenvalue weighted by Gasteiger charge is -2.24. The van der Waals surface area contributed by atoms with Gasteiger partial charge in [0.25, 0.3) is 5.91 Å². The number of amides is 1. The molecule has 0 radical (unpaired) electrons. The molecular formula is C25H24N2O3S. The highest BCUT2D eigenvalue weighted by molar-refractivity contribution is 7.21. The molecule has 2 heterocycles.